The summed E-state index contributed by atoms with van der Waals surface area (Å²) in [5, 5.41) is 9.00. The summed E-state index contributed by atoms with van der Waals surface area (Å²) in [4.78, 5) is 0. The zero-order valence-electron chi connectivity index (χ0n) is 10.7. The molecule has 0 saturated carbocycles. The molecule has 0 aromatic heterocycles. The van der Waals surface area contributed by atoms with Gasteiger partial charge in [-0.05, 0) is 35.9 Å². The third kappa shape index (κ3) is 3.28. The lowest BCUT2D eigenvalue weighted by atomic mass is 10.1. The Morgan fingerprint density at radius 1 is 1.20 bits per heavy atom. The number of nitrogens with zero attached hydrogens (tertiary/aromatic N) is 1. The van der Waals surface area contributed by atoms with Crippen LogP contribution >= 0.6 is 15.9 Å². The molecule has 0 unspecified atom stereocenters. The molecule has 3 nitrogen and oxygen atoms in total. The first-order valence-electron chi connectivity index (χ1n) is 5.79. The summed E-state index contributed by atoms with van der Waals surface area (Å²) in [5.74, 6) is 0.238. The Kier molecular flexibility index (Phi) is 4.59. The molecule has 2 aromatic rings. The summed E-state index contributed by atoms with van der Waals surface area (Å²) < 4.78 is 24.7. The van der Waals surface area contributed by atoms with E-state index in [4.69, 9.17) is 14.7 Å². The van der Waals surface area contributed by atoms with Crippen molar-refractivity contribution in [1.29, 1.82) is 5.26 Å². The minimum Gasteiger partial charge on any atom is -0.495 e. The van der Waals surface area contributed by atoms with Gasteiger partial charge in [-0.3, -0.25) is 0 Å². The number of methoxy groups -OCH3 is 1. The highest BCUT2D eigenvalue weighted by Crippen LogP contribution is 2.23. The van der Waals surface area contributed by atoms with E-state index in [9.17, 15) is 4.39 Å². The van der Waals surface area contributed by atoms with Crippen LogP contribution in [0, 0.1) is 17.1 Å². The summed E-state index contributed by atoms with van der Waals surface area (Å²) in [7, 11) is 1.50. The van der Waals surface area contributed by atoms with E-state index in [1.54, 1.807) is 30.3 Å². The van der Waals surface area contributed by atoms with Crippen LogP contribution in [0.5, 0.6) is 11.5 Å². The Bertz CT molecular complexity index is 667. The lowest BCUT2D eigenvalue weighted by Gasteiger charge is -2.09. The lowest BCUT2D eigenvalue weighted by molar-refractivity contribution is 0.290. The zero-order chi connectivity index (χ0) is 14.5. The highest BCUT2D eigenvalue weighted by atomic mass is 79.9. The fourth-order valence-corrected chi connectivity index (χ4v) is 2.02. The largest absolute Gasteiger partial charge is 0.495 e. The molecule has 0 spiro atoms. The summed E-state index contributed by atoms with van der Waals surface area (Å²) in [6.07, 6.45) is 0. The van der Waals surface area contributed by atoms with Crippen molar-refractivity contribution in [3.63, 3.8) is 0 Å². The molecule has 102 valence electrons. The maximum Gasteiger partial charge on any atom is 0.166 e. The van der Waals surface area contributed by atoms with Crippen LogP contribution in [0.1, 0.15) is 11.1 Å². The quantitative estimate of drug-likeness (QED) is 0.846. The van der Waals surface area contributed by atoms with Crippen LogP contribution in [0.3, 0.4) is 0 Å². The molecule has 0 amide bonds. The summed E-state index contributed by atoms with van der Waals surface area (Å²) in [6.45, 7) is 0.178. The van der Waals surface area contributed by atoms with E-state index in [0.29, 0.717) is 15.8 Å². The Labute approximate surface area is 124 Å². The SMILES string of the molecule is COc1ccc(COc2ccc(Br)cc2F)cc1C#N. The van der Waals surface area contributed by atoms with E-state index in [2.05, 4.69) is 15.9 Å². The van der Waals surface area contributed by atoms with Gasteiger partial charge in [-0.1, -0.05) is 22.0 Å². The number of rotatable bonds is 4. The van der Waals surface area contributed by atoms with Gasteiger partial charge in [-0.2, -0.15) is 5.26 Å². The molecule has 5 heteroatoms. The van der Waals surface area contributed by atoms with Crippen LogP contribution in [0.25, 0.3) is 0 Å². The van der Waals surface area contributed by atoms with Crippen LogP contribution in [-0.2, 0) is 6.61 Å². The van der Waals surface area contributed by atoms with Crippen LogP contribution in [0.15, 0.2) is 40.9 Å². The van der Waals surface area contributed by atoms with Gasteiger partial charge < -0.3 is 9.47 Å². The second-order valence-corrected chi connectivity index (χ2v) is 4.93. The van der Waals surface area contributed by atoms with Crippen LogP contribution < -0.4 is 9.47 Å². The smallest absolute Gasteiger partial charge is 0.166 e. The van der Waals surface area contributed by atoms with Crippen LogP contribution in [0.4, 0.5) is 4.39 Å². The molecule has 0 radical (unpaired) electrons. The molecule has 0 saturated heterocycles. The van der Waals surface area contributed by atoms with Gasteiger partial charge in [0.05, 0.1) is 12.7 Å². The van der Waals surface area contributed by atoms with Gasteiger partial charge in [0, 0.05) is 4.47 Å². The molecule has 0 aliphatic carbocycles. The summed E-state index contributed by atoms with van der Waals surface area (Å²) in [6, 6.07) is 11.8. The number of benzene rings is 2. The van der Waals surface area contributed by atoms with Crippen molar-refractivity contribution < 1.29 is 13.9 Å². The van der Waals surface area contributed by atoms with E-state index in [1.165, 1.54) is 13.2 Å². The fraction of sp³-hybridized carbons (Fsp3) is 0.133. The van der Waals surface area contributed by atoms with Gasteiger partial charge in [-0.25, -0.2) is 4.39 Å². The number of hydrogen-bond acceptors (Lipinski definition) is 3. The second-order valence-electron chi connectivity index (χ2n) is 4.01. The Morgan fingerprint density at radius 3 is 2.60 bits per heavy atom. The van der Waals surface area contributed by atoms with Gasteiger partial charge in [0.15, 0.2) is 11.6 Å². The van der Waals surface area contributed by atoms with Crippen molar-refractivity contribution in [3.8, 4) is 17.6 Å². The van der Waals surface area contributed by atoms with E-state index in [1.807, 2.05) is 6.07 Å². The summed E-state index contributed by atoms with van der Waals surface area (Å²) >= 11 is 3.18. The minimum absolute atomic E-state index is 0.169. The zero-order valence-corrected chi connectivity index (χ0v) is 12.3. The predicted molar refractivity (Wildman–Crippen MR) is 76.1 cm³/mol. The van der Waals surface area contributed by atoms with Gasteiger partial charge in [0.25, 0.3) is 0 Å². The Hall–Kier alpha value is -2.06. The predicted octanol–water partition coefficient (Wildman–Crippen LogP) is 4.05. The first-order chi connectivity index (χ1) is 9.63. The van der Waals surface area contributed by atoms with Crippen molar-refractivity contribution in [3.05, 3.63) is 57.8 Å². The average Bonchev–Trinajstić information content (AvgIpc) is 2.46. The molecular formula is C15H11BrFNO2. The molecule has 0 fully saturated rings. The first-order valence-corrected chi connectivity index (χ1v) is 6.58. The third-order valence-electron chi connectivity index (χ3n) is 2.67. The monoisotopic (exact) mass is 335 g/mol. The van der Waals surface area contributed by atoms with Crippen LogP contribution in [0.2, 0.25) is 0 Å². The van der Waals surface area contributed by atoms with Crippen molar-refractivity contribution >= 4 is 15.9 Å². The van der Waals surface area contributed by atoms with E-state index < -0.39 is 5.82 Å². The number of hydrogen-bond donors (Lipinski definition) is 0. The van der Waals surface area contributed by atoms with Gasteiger partial charge in [-0.15, -0.1) is 0 Å². The van der Waals surface area contributed by atoms with Crippen molar-refractivity contribution in [2.45, 2.75) is 6.61 Å². The molecule has 2 rings (SSSR count). The standard InChI is InChI=1S/C15H11BrFNO2/c1-19-14-4-2-10(6-11(14)8-18)9-20-15-5-3-12(16)7-13(15)17/h2-7H,9H2,1H3. The highest BCUT2D eigenvalue weighted by molar-refractivity contribution is 9.10. The molecule has 0 N–H and O–H groups in total. The van der Waals surface area contributed by atoms with Crippen molar-refractivity contribution in [2.75, 3.05) is 7.11 Å². The van der Waals surface area contributed by atoms with E-state index in [0.717, 1.165) is 5.56 Å². The minimum atomic E-state index is -0.437. The van der Waals surface area contributed by atoms with Crippen molar-refractivity contribution in [1.82, 2.24) is 0 Å². The number of halogens is 2. The molecule has 0 bridgehead atoms. The third-order valence-corrected chi connectivity index (χ3v) is 3.17. The maximum atomic E-state index is 13.6. The average molecular weight is 336 g/mol. The molecule has 20 heavy (non-hydrogen) atoms. The second kappa shape index (κ2) is 6.40. The normalized spacial score (nSPS) is 9.90. The Morgan fingerprint density at radius 2 is 1.95 bits per heavy atom. The highest BCUT2D eigenvalue weighted by Gasteiger charge is 2.07. The van der Waals surface area contributed by atoms with E-state index >= 15 is 0 Å². The van der Waals surface area contributed by atoms with Crippen molar-refractivity contribution in [2.24, 2.45) is 0 Å². The number of ether oxygens (including phenoxy) is 2. The van der Waals surface area contributed by atoms with Gasteiger partial charge >= 0.3 is 0 Å². The summed E-state index contributed by atoms with van der Waals surface area (Å²) in [5.41, 5.74) is 1.19. The van der Waals surface area contributed by atoms with E-state index in [-0.39, 0.29) is 12.4 Å². The topological polar surface area (TPSA) is 42.2 Å². The maximum absolute atomic E-state index is 13.6. The lowest BCUT2D eigenvalue weighted by Crippen LogP contribution is -1.98. The van der Waals surface area contributed by atoms with Gasteiger partial charge in [0.2, 0.25) is 0 Å². The molecular weight excluding hydrogens is 325 g/mol. The molecule has 2 aromatic carbocycles. The molecule has 0 aliphatic rings. The fourth-order valence-electron chi connectivity index (χ4n) is 1.69. The number of nitriles is 1. The van der Waals surface area contributed by atoms with Crippen LogP contribution in [-0.4, -0.2) is 7.11 Å². The Balaban J connectivity index is 2.13. The first kappa shape index (κ1) is 14.4. The molecule has 0 atom stereocenters. The molecule has 0 aliphatic heterocycles. The molecule has 0 heterocycles. The van der Waals surface area contributed by atoms with Gasteiger partial charge in [0.1, 0.15) is 18.4 Å².